The number of nitrogens with zero attached hydrogens (tertiary/aromatic N) is 3. The fourth-order valence-electron chi connectivity index (χ4n) is 2.07. The molecule has 0 atom stereocenters. The molecule has 0 radical (unpaired) electrons. The summed E-state index contributed by atoms with van der Waals surface area (Å²) in [7, 11) is 0. The number of nitrogens with one attached hydrogen (secondary N) is 1. The predicted molar refractivity (Wildman–Crippen MR) is 80.9 cm³/mol. The van der Waals surface area contributed by atoms with Crippen LogP contribution < -0.4 is 5.32 Å². The zero-order valence-corrected chi connectivity index (χ0v) is 12.8. The van der Waals surface area contributed by atoms with E-state index < -0.39 is 0 Å². The molecule has 1 amide bonds. The summed E-state index contributed by atoms with van der Waals surface area (Å²) in [5.74, 6) is 0.844. The van der Waals surface area contributed by atoms with Gasteiger partial charge in [0.2, 0.25) is 5.82 Å². The lowest BCUT2D eigenvalue weighted by molar-refractivity contribution is 0.0940. The minimum atomic E-state index is -0.217. The van der Waals surface area contributed by atoms with Gasteiger partial charge in [-0.05, 0) is 25.0 Å². The summed E-state index contributed by atoms with van der Waals surface area (Å²) in [6, 6.07) is 7.69. The fourth-order valence-corrected chi connectivity index (χ4v) is 2.29. The van der Waals surface area contributed by atoms with Crippen LogP contribution in [0.25, 0.3) is 5.69 Å². The molecule has 5 nitrogen and oxygen atoms in total. The molecule has 1 aliphatic rings. The van der Waals surface area contributed by atoms with Crippen molar-refractivity contribution in [2.75, 3.05) is 0 Å². The number of rotatable bonds is 4. The monoisotopic (exact) mass is 304 g/mol. The molecule has 1 aliphatic carbocycles. The standard InChI is InChI=1S/C15H17ClN4O/c1-9(2)14-18-13(15(21)17-10-7-8-10)19-20(14)12-6-4-3-5-11(12)16/h3-6,9-10H,7-8H2,1-2H3,(H,17,21). The number of carbonyl (C=O) groups excluding carboxylic acids is 1. The van der Waals surface area contributed by atoms with Gasteiger partial charge in [-0.15, -0.1) is 5.10 Å². The van der Waals surface area contributed by atoms with E-state index in [0.29, 0.717) is 5.02 Å². The molecule has 110 valence electrons. The van der Waals surface area contributed by atoms with Gasteiger partial charge in [0.05, 0.1) is 10.7 Å². The summed E-state index contributed by atoms with van der Waals surface area (Å²) in [6.45, 7) is 4.03. The molecule has 0 saturated heterocycles. The number of benzene rings is 1. The van der Waals surface area contributed by atoms with Crippen molar-refractivity contribution in [3.05, 3.63) is 40.9 Å². The highest BCUT2D eigenvalue weighted by atomic mass is 35.5. The van der Waals surface area contributed by atoms with Crippen LogP contribution >= 0.6 is 11.6 Å². The first kappa shape index (κ1) is 14.1. The van der Waals surface area contributed by atoms with Gasteiger partial charge >= 0.3 is 0 Å². The maximum atomic E-state index is 12.1. The van der Waals surface area contributed by atoms with E-state index in [2.05, 4.69) is 15.4 Å². The van der Waals surface area contributed by atoms with Crippen molar-refractivity contribution in [2.45, 2.75) is 38.6 Å². The molecular weight excluding hydrogens is 288 g/mol. The van der Waals surface area contributed by atoms with Gasteiger partial charge < -0.3 is 5.32 Å². The van der Waals surface area contributed by atoms with E-state index in [1.54, 1.807) is 10.7 Å². The Kier molecular flexibility index (Phi) is 3.68. The Bertz CT molecular complexity index is 676. The van der Waals surface area contributed by atoms with Crippen molar-refractivity contribution in [2.24, 2.45) is 0 Å². The molecule has 1 saturated carbocycles. The van der Waals surface area contributed by atoms with Crippen molar-refractivity contribution in [3.8, 4) is 5.69 Å². The van der Waals surface area contributed by atoms with Crippen LogP contribution in [-0.4, -0.2) is 26.7 Å². The SMILES string of the molecule is CC(C)c1nc(C(=O)NC2CC2)nn1-c1ccccc1Cl. The Labute approximate surface area is 128 Å². The molecule has 0 aliphatic heterocycles. The van der Waals surface area contributed by atoms with Gasteiger partial charge in [0.1, 0.15) is 5.82 Å². The Balaban J connectivity index is 2.00. The second kappa shape index (κ2) is 5.48. The number of para-hydroxylation sites is 1. The average molecular weight is 305 g/mol. The van der Waals surface area contributed by atoms with Crippen molar-refractivity contribution in [3.63, 3.8) is 0 Å². The highest BCUT2D eigenvalue weighted by Gasteiger charge is 2.27. The van der Waals surface area contributed by atoms with Crippen LogP contribution in [0.3, 0.4) is 0 Å². The van der Waals surface area contributed by atoms with Gasteiger partial charge in [0.25, 0.3) is 5.91 Å². The quantitative estimate of drug-likeness (QED) is 0.944. The zero-order chi connectivity index (χ0) is 15.0. The summed E-state index contributed by atoms with van der Waals surface area (Å²) in [4.78, 5) is 16.5. The Morgan fingerprint density at radius 1 is 1.38 bits per heavy atom. The maximum absolute atomic E-state index is 12.1. The minimum Gasteiger partial charge on any atom is -0.347 e. The molecule has 21 heavy (non-hydrogen) atoms. The molecule has 1 fully saturated rings. The molecule has 0 unspecified atom stereocenters. The highest BCUT2D eigenvalue weighted by molar-refractivity contribution is 6.32. The van der Waals surface area contributed by atoms with Crippen molar-refractivity contribution < 1.29 is 4.79 Å². The molecule has 1 heterocycles. The van der Waals surface area contributed by atoms with E-state index in [4.69, 9.17) is 11.6 Å². The van der Waals surface area contributed by atoms with Crippen LogP contribution in [0.1, 0.15) is 49.1 Å². The zero-order valence-electron chi connectivity index (χ0n) is 12.0. The smallest absolute Gasteiger partial charge is 0.291 e. The van der Waals surface area contributed by atoms with E-state index >= 15 is 0 Å². The third kappa shape index (κ3) is 2.93. The van der Waals surface area contributed by atoms with Gasteiger partial charge in [-0.2, -0.15) is 0 Å². The normalized spacial score (nSPS) is 14.5. The van der Waals surface area contributed by atoms with Crippen LogP contribution in [0, 0.1) is 0 Å². The predicted octanol–water partition coefficient (Wildman–Crippen LogP) is 2.94. The fraction of sp³-hybridized carbons (Fsp3) is 0.400. The minimum absolute atomic E-state index is 0.135. The summed E-state index contributed by atoms with van der Waals surface area (Å²) >= 11 is 6.23. The molecule has 6 heteroatoms. The lowest BCUT2D eigenvalue weighted by Gasteiger charge is -2.09. The van der Waals surface area contributed by atoms with E-state index in [1.807, 2.05) is 32.0 Å². The van der Waals surface area contributed by atoms with Crippen LogP contribution in [0.15, 0.2) is 24.3 Å². The maximum Gasteiger partial charge on any atom is 0.291 e. The number of aromatic nitrogens is 3. The summed E-state index contributed by atoms with van der Waals surface area (Å²) < 4.78 is 1.66. The number of carbonyl (C=O) groups is 1. The Morgan fingerprint density at radius 2 is 2.10 bits per heavy atom. The third-order valence-corrected chi connectivity index (χ3v) is 3.66. The highest BCUT2D eigenvalue weighted by Crippen LogP contribution is 2.24. The lowest BCUT2D eigenvalue weighted by Crippen LogP contribution is -2.26. The molecular formula is C15H17ClN4O. The third-order valence-electron chi connectivity index (χ3n) is 3.34. The van der Waals surface area contributed by atoms with Crippen molar-refractivity contribution in [1.82, 2.24) is 20.1 Å². The second-order valence-corrected chi connectivity index (χ2v) is 5.97. The molecule has 0 bridgehead atoms. The lowest BCUT2D eigenvalue weighted by atomic mass is 10.2. The molecule has 1 aromatic carbocycles. The first-order chi connectivity index (χ1) is 10.1. The second-order valence-electron chi connectivity index (χ2n) is 5.56. The largest absolute Gasteiger partial charge is 0.347 e. The Hall–Kier alpha value is -1.88. The van der Waals surface area contributed by atoms with Crippen LogP contribution in [0.5, 0.6) is 0 Å². The average Bonchev–Trinajstić information content (AvgIpc) is 3.14. The topological polar surface area (TPSA) is 59.8 Å². The van der Waals surface area contributed by atoms with Gasteiger partial charge in [0, 0.05) is 12.0 Å². The molecule has 1 aromatic heterocycles. The van der Waals surface area contributed by atoms with Crippen LogP contribution in [-0.2, 0) is 0 Å². The van der Waals surface area contributed by atoms with Gasteiger partial charge in [-0.3, -0.25) is 4.79 Å². The van der Waals surface area contributed by atoms with Crippen LogP contribution in [0.4, 0.5) is 0 Å². The van der Waals surface area contributed by atoms with Crippen LogP contribution in [0.2, 0.25) is 5.02 Å². The van der Waals surface area contributed by atoms with Gasteiger partial charge in [-0.25, -0.2) is 9.67 Å². The molecule has 2 aromatic rings. The van der Waals surface area contributed by atoms with Gasteiger partial charge in [-0.1, -0.05) is 37.6 Å². The van der Waals surface area contributed by atoms with E-state index in [1.165, 1.54) is 0 Å². The number of hydrogen-bond acceptors (Lipinski definition) is 3. The number of halogens is 1. The number of amides is 1. The first-order valence-electron chi connectivity index (χ1n) is 7.09. The first-order valence-corrected chi connectivity index (χ1v) is 7.47. The van der Waals surface area contributed by atoms with Gasteiger partial charge in [0.15, 0.2) is 0 Å². The Morgan fingerprint density at radius 3 is 2.71 bits per heavy atom. The van der Waals surface area contributed by atoms with E-state index in [9.17, 15) is 4.79 Å². The summed E-state index contributed by atoms with van der Waals surface area (Å²) in [6.07, 6.45) is 2.07. The molecule has 3 rings (SSSR count). The van der Waals surface area contributed by atoms with Crippen molar-refractivity contribution >= 4 is 17.5 Å². The van der Waals surface area contributed by atoms with Crippen molar-refractivity contribution in [1.29, 1.82) is 0 Å². The van der Waals surface area contributed by atoms with E-state index in [0.717, 1.165) is 24.4 Å². The molecule has 1 N–H and O–H groups in total. The number of hydrogen-bond donors (Lipinski definition) is 1. The summed E-state index contributed by atoms with van der Waals surface area (Å²) in [5.41, 5.74) is 0.737. The molecule has 0 spiro atoms. The summed E-state index contributed by atoms with van der Waals surface area (Å²) in [5, 5.41) is 7.84. The van der Waals surface area contributed by atoms with E-state index in [-0.39, 0.29) is 23.7 Å².